The molecule has 36 heavy (non-hydrogen) atoms. The number of benzene rings is 3. The van der Waals surface area contributed by atoms with Crippen LogP contribution >= 0.6 is 0 Å². The monoisotopic (exact) mass is 488 g/mol. The first-order valence-corrected chi connectivity index (χ1v) is 11.8. The van der Waals surface area contributed by atoms with Gasteiger partial charge in [0.1, 0.15) is 52.9 Å². The van der Waals surface area contributed by atoms with Crippen LogP contribution in [0.15, 0.2) is 63.8 Å². The largest absolute Gasteiger partial charge is 0.507 e. The van der Waals surface area contributed by atoms with Crippen molar-refractivity contribution < 1.29 is 28.9 Å². The van der Waals surface area contributed by atoms with E-state index in [2.05, 4.69) is 0 Å². The second-order valence-electron chi connectivity index (χ2n) is 8.49. The fraction of sp³-hybridized carbons (Fsp3) is 0.241. The third-order valence-electron chi connectivity index (χ3n) is 5.92. The van der Waals surface area contributed by atoms with Crippen molar-refractivity contribution in [3.05, 3.63) is 81.7 Å². The third-order valence-corrected chi connectivity index (χ3v) is 5.92. The number of ketones is 1. The molecule has 0 aliphatic heterocycles. The van der Waals surface area contributed by atoms with Crippen molar-refractivity contribution in [3.63, 3.8) is 0 Å². The van der Waals surface area contributed by atoms with Crippen LogP contribution in [-0.2, 0) is 6.42 Å². The van der Waals surface area contributed by atoms with E-state index >= 15 is 0 Å². The molecule has 0 fully saturated rings. The standard InChI is InChI=1S/C29H28O7/c1-4-8-22-24(12-11-21(17(2)30)28(22)32)35-14-13-34-20-15-23(31)27-25(16-20)36-18(3)26(29(27)33)19-9-6-5-7-10-19/h5-7,9-12,15-16,31-32H,4,8,13-14H2,1-3H3. The normalized spacial score (nSPS) is 11.0. The highest BCUT2D eigenvalue weighted by Crippen LogP contribution is 2.34. The number of hydrogen-bond donors (Lipinski definition) is 2. The van der Waals surface area contributed by atoms with Crippen LogP contribution in [0, 0.1) is 6.92 Å². The molecule has 0 saturated carbocycles. The second kappa shape index (κ2) is 10.6. The molecule has 4 aromatic rings. The number of phenols is 2. The van der Waals surface area contributed by atoms with Crippen molar-refractivity contribution in [1.29, 1.82) is 0 Å². The zero-order chi connectivity index (χ0) is 25.8. The topological polar surface area (TPSA) is 106 Å². The van der Waals surface area contributed by atoms with Crippen molar-refractivity contribution in [2.24, 2.45) is 0 Å². The molecule has 0 unspecified atom stereocenters. The van der Waals surface area contributed by atoms with Crippen molar-refractivity contribution in [3.8, 4) is 34.1 Å². The maximum atomic E-state index is 13.2. The molecule has 0 atom stereocenters. The maximum absolute atomic E-state index is 13.2. The molecule has 4 rings (SSSR count). The van der Waals surface area contributed by atoms with Gasteiger partial charge in [0.15, 0.2) is 5.78 Å². The van der Waals surface area contributed by atoms with Gasteiger partial charge < -0.3 is 24.1 Å². The van der Waals surface area contributed by atoms with E-state index in [-0.39, 0.29) is 52.5 Å². The zero-order valence-corrected chi connectivity index (χ0v) is 20.5. The summed E-state index contributed by atoms with van der Waals surface area (Å²) < 4.78 is 17.4. The molecule has 1 heterocycles. The molecule has 0 bridgehead atoms. The summed E-state index contributed by atoms with van der Waals surface area (Å²) in [5.41, 5.74) is 1.88. The zero-order valence-electron chi connectivity index (χ0n) is 20.5. The predicted molar refractivity (Wildman–Crippen MR) is 137 cm³/mol. The van der Waals surface area contributed by atoms with Gasteiger partial charge >= 0.3 is 0 Å². The first-order chi connectivity index (χ1) is 17.3. The van der Waals surface area contributed by atoms with Crippen LogP contribution in [0.4, 0.5) is 0 Å². The number of carbonyl (C=O) groups is 1. The number of rotatable bonds is 9. The Morgan fingerprint density at radius 1 is 1.00 bits per heavy atom. The van der Waals surface area contributed by atoms with Gasteiger partial charge in [0.25, 0.3) is 0 Å². The lowest BCUT2D eigenvalue weighted by atomic mass is 10.0. The SMILES string of the molecule is CCCc1c(OCCOc2cc(O)c3c(=O)c(-c4ccccc4)c(C)oc3c2)ccc(C(C)=O)c1O. The van der Waals surface area contributed by atoms with Gasteiger partial charge in [-0.05, 0) is 38.0 Å². The highest BCUT2D eigenvalue weighted by molar-refractivity contribution is 5.97. The molecular weight excluding hydrogens is 460 g/mol. The number of aromatic hydroxyl groups is 2. The predicted octanol–water partition coefficient (Wildman–Crippen LogP) is 5.79. The quantitative estimate of drug-likeness (QED) is 0.227. The van der Waals surface area contributed by atoms with Crippen LogP contribution in [0.5, 0.6) is 23.0 Å². The number of Topliss-reactive ketones (excluding diaryl/α,β-unsaturated/α-hetero) is 1. The summed E-state index contributed by atoms with van der Waals surface area (Å²) in [5.74, 6) is 0.748. The van der Waals surface area contributed by atoms with Gasteiger partial charge in [0.05, 0.1) is 11.1 Å². The number of fused-ring (bicyclic) bond motifs is 1. The van der Waals surface area contributed by atoms with E-state index in [1.807, 2.05) is 37.3 Å². The van der Waals surface area contributed by atoms with Crippen LogP contribution in [0.25, 0.3) is 22.1 Å². The lowest BCUT2D eigenvalue weighted by Crippen LogP contribution is -2.11. The number of hydrogen-bond acceptors (Lipinski definition) is 7. The Morgan fingerprint density at radius 2 is 1.72 bits per heavy atom. The molecule has 7 heteroatoms. The van der Waals surface area contributed by atoms with Crippen molar-refractivity contribution in [2.45, 2.75) is 33.6 Å². The summed E-state index contributed by atoms with van der Waals surface area (Å²) in [6.45, 7) is 5.38. The Balaban J connectivity index is 1.52. The Morgan fingerprint density at radius 3 is 2.42 bits per heavy atom. The van der Waals surface area contributed by atoms with Crippen molar-refractivity contribution in [1.82, 2.24) is 0 Å². The lowest BCUT2D eigenvalue weighted by Gasteiger charge is -2.15. The Bertz CT molecular complexity index is 1470. The van der Waals surface area contributed by atoms with Gasteiger partial charge in [0.2, 0.25) is 5.43 Å². The van der Waals surface area contributed by atoms with Crippen LogP contribution in [0.2, 0.25) is 0 Å². The van der Waals surface area contributed by atoms with E-state index in [9.17, 15) is 19.8 Å². The molecule has 0 saturated heterocycles. The molecular formula is C29H28O7. The van der Waals surface area contributed by atoms with E-state index < -0.39 is 0 Å². The first kappa shape index (κ1) is 24.9. The first-order valence-electron chi connectivity index (χ1n) is 11.8. The van der Waals surface area contributed by atoms with E-state index in [1.165, 1.54) is 13.0 Å². The second-order valence-corrected chi connectivity index (χ2v) is 8.49. The van der Waals surface area contributed by atoms with E-state index in [0.717, 1.165) is 6.42 Å². The van der Waals surface area contributed by atoms with E-state index in [1.54, 1.807) is 25.1 Å². The number of carbonyl (C=O) groups excluding carboxylic acids is 1. The molecule has 186 valence electrons. The van der Waals surface area contributed by atoms with Crippen LogP contribution in [0.3, 0.4) is 0 Å². The van der Waals surface area contributed by atoms with Crippen LogP contribution in [0.1, 0.15) is 41.9 Å². The average molecular weight is 489 g/mol. The smallest absolute Gasteiger partial charge is 0.204 e. The van der Waals surface area contributed by atoms with Crippen molar-refractivity contribution >= 4 is 16.8 Å². The molecule has 0 aliphatic rings. The molecule has 0 spiro atoms. The highest BCUT2D eigenvalue weighted by atomic mass is 16.5. The van der Waals surface area contributed by atoms with E-state index in [0.29, 0.717) is 40.4 Å². The average Bonchev–Trinajstić information content (AvgIpc) is 2.83. The summed E-state index contributed by atoms with van der Waals surface area (Å²) in [7, 11) is 0. The molecule has 1 aromatic heterocycles. The lowest BCUT2D eigenvalue weighted by molar-refractivity contribution is 0.101. The van der Waals surface area contributed by atoms with Gasteiger partial charge in [0, 0.05) is 17.7 Å². The summed E-state index contributed by atoms with van der Waals surface area (Å²) in [6.07, 6.45) is 1.33. The minimum absolute atomic E-state index is 0.0532. The molecule has 2 N–H and O–H groups in total. The van der Waals surface area contributed by atoms with Crippen LogP contribution in [-0.4, -0.2) is 29.2 Å². The van der Waals surface area contributed by atoms with Gasteiger partial charge in [-0.15, -0.1) is 0 Å². The molecule has 0 radical (unpaired) electrons. The third kappa shape index (κ3) is 4.91. The molecule has 0 aliphatic carbocycles. The Kier molecular flexibility index (Phi) is 7.29. The molecule has 3 aromatic carbocycles. The minimum Gasteiger partial charge on any atom is -0.507 e. The Labute approximate surface area is 208 Å². The Hall–Kier alpha value is -4.26. The summed E-state index contributed by atoms with van der Waals surface area (Å²) in [6, 6.07) is 15.3. The summed E-state index contributed by atoms with van der Waals surface area (Å²) >= 11 is 0. The van der Waals surface area contributed by atoms with Crippen molar-refractivity contribution in [2.75, 3.05) is 13.2 Å². The van der Waals surface area contributed by atoms with Gasteiger partial charge in [-0.3, -0.25) is 9.59 Å². The highest BCUT2D eigenvalue weighted by Gasteiger charge is 2.18. The van der Waals surface area contributed by atoms with Gasteiger partial charge in [-0.2, -0.15) is 0 Å². The fourth-order valence-corrected chi connectivity index (χ4v) is 4.25. The number of ether oxygens (including phenoxy) is 2. The fourth-order valence-electron chi connectivity index (χ4n) is 4.25. The molecule has 7 nitrogen and oxygen atoms in total. The molecule has 0 amide bonds. The summed E-state index contributed by atoms with van der Waals surface area (Å²) in [4.78, 5) is 24.9. The van der Waals surface area contributed by atoms with Crippen LogP contribution < -0.4 is 14.9 Å². The minimum atomic E-state index is -0.315. The van der Waals surface area contributed by atoms with Gasteiger partial charge in [-0.1, -0.05) is 43.7 Å². The number of aryl methyl sites for hydroxylation is 1. The maximum Gasteiger partial charge on any atom is 0.204 e. The van der Waals surface area contributed by atoms with E-state index in [4.69, 9.17) is 13.9 Å². The number of phenolic OH excluding ortho intramolecular Hbond substituents is 2. The summed E-state index contributed by atoms with van der Waals surface area (Å²) in [5, 5.41) is 21.2. The van der Waals surface area contributed by atoms with Gasteiger partial charge in [-0.25, -0.2) is 0 Å².